The first kappa shape index (κ1) is 20.1. The van der Waals surface area contributed by atoms with Gasteiger partial charge in [0.1, 0.15) is 17.6 Å². The van der Waals surface area contributed by atoms with Gasteiger partial charge in [-0.2, -0.15) is 10.2 Å². The average Bonchev–Trinajstić information content (AvgIpc) is 3.57. The normalized spacial score (nSPS) is 20.1. The summed E-state index contributed by atoms with van der Waals surface area (Å²) in [5.74, 6) is 0.194. The molecule has 9 nitrogen and oxygen atoms in total. The monoisotopic (exact) mass is 436 g/mol. The number of furan rings is 1. The van der Waals surface area contributed by atoms with Crippen LogP contribution in [0.15, 0.2) is 59.5 Å². The van der Waals surface area contributed by atoms with Gasteiger partial charge in [-0.15, -0.1) is 0 Å². The van der Waals surface area contributed by atoms with Crippen molar-refractivity contribution in [2.45, 2.75) is 31.7 Å². The largest absolute Gasteiger partial charge is 0.451 e. The van der Waals surface area contributed by atoms with Gasteiger partial charge in [0.15, 0.2) is 5.76 Å². The van der Waals surface area contributed by atoms with E-state index in [1.165, 1.54) is 0 Å². The number of nitrogens with zero attached hydrogens (tertiary/aromatic N) is 4. The summed E-state index contributed by atoms with van der Waals surface area (Å²) in [6.07, 6.45) is 5.44. The predicted molar refractivity (Wildman–Crippen MR) is 114 cm³/mol. The number of carbonyl (C=O) groups excluding carboxylic acids is 1. The van der Waals surface area contributed by atoms with Gasteiger partial charge in [-0.1, -0.05) is 6.07 Å². The lowest BCUT2D eigenvalue weighted by Crippen LogP contribution is -2.46. The van der Waals surface area contributed by atoms with Crippen LogP contribution < -0.4 is 5.32 Å². The van der Waals surface area contributed by atoms with Crippen LogP contribution in [-0.4, -0.2) is 49.8 Å². The van der Waals surface area contributed by atoms with Crippen LogP contribution >= 0.6 is 0 Å². The van der Waals surface area contributed by atoms with Crippen molar-refractivity contribution in [3.63, 3.8) is 0 Å². The van der Waals surface area contributed by atoms with Gasteiger partial charge >= 0.3 is 0 Å². The average molecular weight is 436 g/mol. The number of anilines is 1. The summed E-state index contributed by atoms with van der Waals surface area (Å²) in [5.41, 5.74) is 2.17. The van der Waals surface area contributed by atoms with Crippen molar-refractivity contribution in [3.8, 4) is 22.7 Å². The second kappa shape index (κ2) is 8.39. The lowest BCUT2D eigenvalue weighted by atomic mass is 9.87. The number of pyridine rings is 1. The second-order valence-electron chi connectivity index (χ2n) is 7.43. The van der Waals surface area contributed by atoms with E-state index in [2.05, 4.69) is 25.6 Å². The number of alkyl halides is 1. The minimum absolute atomic E-state index is 0.129. The molecule has 164 valence electrons. The van der Waals surface area contributed by atoms with Crippen LogP contribution in [0.1, 0.15) is 29.9 Å². The first-order valence-electron chi connectivity index (χ1n) is 10.3. The Morgan fingerprint density at radius 3 is 3.00 bits per heavy atom. The van der Waals surface area contributed by atoms with Crippen LogP contribution in [0.5, 0.6) is 0 Å². The number of aromatic nitrogens is 5. The summed E-state index contributed by atoms with van der Waals surface area (Å²) in [6, 6.07) is 8.20. The lowest BCUT2D eigenvalue weighted by molar-refractivity contribution is -0.0921. The maximum absolute atomic E-state index is 14.6. The summed E-state index contributed by atoms with van der Waals surface area (Å²) in [5, 5.41) is 13.9. The van der Waals surface area contributed by atoms with Gasteiger partial charge in [0.25, 0.3) is 5.91 Å². The zero-order valence-corrected chi connectivity index (χ0v) is 17.2. The van der Waals surface area contributed by atoms with E-state index in [0.717, 1.165) is 5.56 Å². The van der Waals surface area contributed by atoms with Crippen molar-refractivity contribution in [1.82, 2.24) is 25.0 Å². The summed E-state index contributed by atoms with van der Waals surface area (Å²) >= 11 is 0. The molecule has 3 atom stereocenters. The molecule has 32 heavy (non-hydrogen) atoms. The molecule has 1 amide bonds. The zero-order chi connectivity index (χ0) is 22.1. The van der Waals surface area contributed by atoms with Gasteiger partial charge in [0.05, 0.1) is 35.3 Å². The molecule has 4 heterocycles. The third-order valence-corrected chi connectivity index (χ3v) is 5.42. The van der Waals surface area contributed by atoms with Gasteiger partial charge in [-0.3, -0.25) is 19.6 Å². The summed E-state index contributed by atoms with van der Waals surface area (Å²) in [4.78, 5) is 17.2. The van der Waals surface area contributed by atoms with Crippen LogP contribution in [0, 0.1) is 0 Å². The van der Waals surface area contributed by atoms with E-state index in [0.29, 0.717) is 35.9 Å². The number of hydrogen-bond donors (Lipinski definition) is 2. The highest BCUT2D eigenvalue weighted by Gasteiger charge is 2.44. The van der Waals surface area contributed by atoms with Gasteiger partial charge in [0, 0.05) is 31.6 Å². The lowest BCUT2D eigenvalue weighted by Gasteiger charge is -2.38. The standard InChI is InChI=1S/C22H21FN6O3/c1-2-31-19-9-16(20(19)23)29-12-15(21(28-29)14-5-3-4-8-24-14)27-22(30)18-7-6-17(32-18)13-10-25-26-11-13/h3-8,10-12,16,19-20H,2,9H2,1H3,(H,25,26)(H,27,30). The highest BCUT2D eigenvalue weighted by atomic mass is 19.1. The topological polar surface area (TPSA) is 111 Å². The van der Waals surface area contributed by atoms with Gasteiger partial charge in [-0.05, 0) is 31.2 Å². The fourth-order valence-corrected chi connectivity index (χ4v) is 3.71. The van der Waals surface area contributed by atoms with E-state index in [4.69, 9.17) is 9.15 Å². The quantitative estimate of drug-likeness (QED) is 0.455. The van der Waals surface area contributed by atoms with E-state index >= 15 is 0 Å². The molecule has 4 aromatic heterocycles. The van der Waals surface area contributed by atoms with Gasteiger partial charge in [0.2, 0.25) is 0 Å². The summed E-state index contributed by atoms with van der Waals surface area (Å²) < 4.78 is 27.2. The molecule has 4 aromatic rings. The Morgan fingerprint density at radius 1 is 1.38 bits per heavy atom. The van der Waals surface area contributed by atoms with Crippen LogP contribution in [0.25, 0.3) is 22.7 Å². The molecule has 0 aromatic carbocycles. The Hall–Kier alpha value is -3.79. The Morgan fingerprint density at radius 2 is 2.28 bits per heavy atom. The third-order valence-electron chi connectivity index (χ3n) is 5.42. The Balaban J connectivity index is 1.41. The van der Waals surface area contributed by atoms with Crippen molar-refractivity contribution in [3.05, 3.63) is 60.9 Å². The molecule has 0 bridgehead atoms. The van der Waals surface area contributed by atoms with Crippen molar-refractivity contribution < 1.29 is 18.3 Å². The van der Waals surface area contributed by atoms with Crippen LogP contribution in [0.4, 0.5) is 10.1 Å². The smallest absolute Gasteiger partial charge is 0.291 e. The van der Waals surface area contributed by atoms with E-state index < -0.39 is 24.2 Å². The summed E-state index contributed by atoms with van der Waals surface area (Å²) in [7, 11) is 0. The molecule has 1 aliphatic rings. The summed E-state index contributed by atoms with van der Waals surface area (Å²) in [6.45, 7) is 2.30. The molecule has 0 saturated heterocycles. The number of nitrogens with one attached hydrogen (secondary N) is 2. The Labute approximate surface area is 182 Å². The molecular formula is C22H21FN6O3. The van der Waals surface area contributed by atoms with Crippen molar-refractivity contribution in [2.75, 3.05) is 11.9 Å². The molecule has 5 rings (SSSR count). The first-order chi connectivity index (χ1) is 15.6. The molecule has 10 heteroatoms. The van der Waals surface area contributed by atoms with E-state index in [1.54, 1.807) is 53.7 Å². The minimum Gasteiger partial charge on any atom is -0.451 e. The van der Waals surface area contributed by atoms with Gasteiger partial charge < -0.3 is 14.5 Å². The molecule has 0 spiro atoms. The number of aromatic amines is 1. The molecule has 1 fully saturated rings. The van der Waals surface area contributed by atoms with Crippen LogP contribution in [0.2, 0.25) is 0 Å². The molecule has 0 radical (unpaired) electrons. The molecule has 3 unspecified atom stereocenters. The number of carbonyl (C=O) groups is 1. The Kier molecular flexibility index (Phi) is 5.28. The van der Waals surface area contributed by atoms with Gasteiger partial charge in [-0.25, -0.2) is 4.39 Å². The highest BCUT2D eigenvalue weighted by molar-refractivity contribution is 6.04. The molecule has 0 aliphatic heterocycles. The van der Waals surface area contributed by atoms with Crippen molar-refractivity contribution in [1.29, 1.82) is 0 Å². The number of hydrogen-bond acceptors (Lipinski definition) is 6. The van der Waals surface area contributed by atoms with E-state index in [1.807, 2.05) is 13.0 Å². The molecule has 1 saturated carbocycles. The number of rotatable bonds is 7. The minimum atomic E-state index is -1.17. The number of amides is 1. The van der Waals surface area contributed by atoms with Crippen LogP contribution in [0.3, 0.4) is 0 Å². The SMILES string of the molecule is CCOC1CC(n2cc(NC(=O)c3ccc(-c4cn[nH]c4)o3)c(-c3ccccn3)n2)C1F. The maximum Gasteiger partial charge on any atom is 0.291 e. The Bertz CT molecular complexity index is 1200. The van der Waals surface area contributed by atoms with E-state index in [-0.39, 0.29) is 5.76 Å². The second-order valence-corrected chi connectivity index (χ2v) is 7.43. The fourth-order valence-electron chi connectivity index (χ4n) is 3.71. The fraction of sp³-hybridized carbons (Fsp3) is 0.273. The van der Waals surface area contributed by atoms with Crippen LogP contribution in [-0.2, 0) is 4.74 Å². The number of ether oxygens (including phenoxy) is 1. The predicted octanol–water partition coefficient (Wildman–Crippen LogP) is 3.87. The van der Waals surface area contributed by atoms with Crippen molar-refractivity contribution >= 4 is 11.6 Å². The maximum atomic E-state index is 14.6. The molecule has 1 aliphatic carbocycles. The highest BCUT2D eigenvalue weighted by Crippen LogP contribution is 2.39. The number of H-pyrrole nitrogens is 1. The number of halogens is 1. The van der Waals surface area contributed by atoms with E-state index in [9.17, 15) is 9.18 Å². The van der Waals surface area contributed by atoms with Crippen molar-refractivity contribution in [2.24, 2.45) is 0 Å². The molecular weight excluding hydrogens is 415 g/mol. The third kappa shape index (κ3) is 3.69. The first-order valence-corrected chi connectivity index (χ1v) is 10.3. The molecule has 2 N–H and O–H groups in total. The zero-order valence-electron chi connectivity index (χ0n) is 17.2.